The van der Waals surface area contributed by atoms with Crippen molar-refractivity contribution in [2.75, 3.05) is 24.3 Å². The first kappa shape index (κ1) is 18.9. The molecule has 3 N–H and O–H groups in total. The van der Waals surface area contributed by atoms with Crippen LogP contribution in [0.2, 0.25) is 10.0 Å². The zero-order valence-electron chi connectivity index (χ0n) is 13.3. The summed E-state index contributed by atoms with van der Waals surface area (Å²) in [7, 11) is 0. The largest absolute Gasteiger partial charge is 0.494 e. The molecule has 0 fully saturated rings. The molecule has 1 amide bonds. The number of anilines is 2. The first-order valence-electron chi connectivity index (χ1n) is 7.35. The van der Waals surface area contributed by atoms with Crippen molar-refractivity contribution in [3.05, 3.63) is 52.0 Å². The molecule has 0 aliphatic heterocycles. The normalized spacial score (nSPS) is 10.2. The lowest BCUT2D eigenvalue weighted by Gasteiger charge is -2.10. The predicted molar refractivity (Wildman–Crippen MR) is 97.4 cm³/mol. The number of esters is 1. The lowest BCUT2D eigenvalue weighted by Crippen LogP contribution is -2.21. The molecular formula is C17H16Cl2N2O4. The maximum absolute atomic E-state index is 12.0. The first-order valence-corrected chi connectivity index (χ1v) is 8.10. The molecule has 0 aromatic heterocycles. The number of carbonyl (C=O) groups excluding carboxylic acids is 2. The number of ether oxygens (including phenoxy) is 2. The predicted octanol–water partition coefficient (Wildman–Crippen LogP) is 3.77. The number of halogens is 2. The Hall–Kier alpha value is -2.44. The zero-order valence-corrected chi connectivity index (χ0v) is 14.9. The Bertz CT molecular complexity index is 779. The molecule has 0 unspecified atom stereocenters. The Morgan fingerprint density at radius 1 is 1.16 bits per heavy atom. The summed E-state index contributed by atoms with van der Waals surface area (Å²) in [5.41, 5.74) is 6.32. The highest BCUT2D eigenvalue weighted by atomic mass is 35.5. The molecule has 6 nitrogen and oxygen atoms in total. The molecule has 0 bridgehead atoms. The molecule has 0 saturated heterocycles. The van der Waals surface area contributed by atoms with Crippen LogP contribution in [0.5, 0.6) is 5.75 Å². The number of amides is 1. The number of nitrogen functional groups attached to an aromatic ring is 1. The number of rotatable bonds is 6. The Labute approximate surface area is 154 Å². The van der Waals surface area contributed by atoms with E-state index in [0.29, 0.717) is 18.0 Å². The van der Waals surface area contributed by atoms with Crippen molar-refractivity contribution in [2.24, 2.45) is 0 Å². The topological polar surface area (TPSA) is 90.6 Å². The van der Waals surface area contributed by atoms with E-state index in [1.807, 2.05) is 6.92 Å². The van der Waals surface area contributed by atoms with Crippen LogP contribution in [0.25, 0.3) is 0 Å². The molecule has 0 heterocycles. The van der Waals surface area contributed by atoms with Crippen molar-refractivity contribution in [1.82, 2.24) is 0 Å². The van der Waals surface area contributed by atoms with E-state index in [2.05, 4.69) is 5.32 Å². The fourth-order valence-corrected chi connectivity index (χ4v) is 2.45. The maximum Gasteiger partial charge on any atom is 0.340 e. The summed E-state index contributed by atoms with van der Waals surface area (Å²) in [4.78, 5) is 23.9. The van der Waals surface area contributed by atoms with Gasteiger partial charge in [-0.05, 0) is 43.3 Å². The summed E-state index contributed by atoms with van der Waals surface area (Å²) in [5, 5.41) is 2.98. The number of hydrogen-bond donors (Lipinski definition) is 2. The molecule has 2 rings (SSSR count). The van der Waals surface area contributed by atoms with Crippen LogP contribution in [-0.4, -0.2) is 25.1 Å². The van der Waals surface area contributed by atoms with Crippen LogP contribution in [-0.2, 0) is 9.53 Å². The Kier molecular flexibility index (Phi) is 6.50. The van der Waals surface area contributed by atoms with E-state index in [-0.39, 0.29) is 21.3 Å². The fraction of sp³-hybridized carbons (Fsp3) is 0.176. The lowest BCUT2D eigenvalue weighted by molar-refractivity contribution is -0.119. The Balaban J connectivity index is 1.92. The van der Waals surface area contributed by atoms with Crippen LogP contribution in [0.3, 0.4) is 0 Å². The van der Waals surface area contributed by atoms with E-state index in [4.69, 9.17) is 38.4 Å². The number of benzene rings is 2. The lowest BCUT2D eigenvalue weighted by atomic mass is 10.2. The molecule has 25 heavy (non-hydrogen) atoms. The summed E-state index contributed by atoms with van der Waals surface area (Å²) < 4.78 is 10.3. The second-order valence-corrected chi connectivity index (χ2v) is 5.77. The number of nitrogens with one attached hydrogen (secondary N) is 1. The monoisotopic (exact) mass is 382 g/mol. The minimum Gasteiger partial charge on any atom is -0.494 e. The molecule has 0 radical (unpaired) electrons. The van der Waals surface area contributed by atoms with Crippen molar-refractivity contribution in [1.29, 1.82) is 0 Å². The van der Waals surface area contributed by atoms with Crippen molar-refractivity contribution in [3.63, 3.8) is 0 Å². The van der Waals surface area contributed by atoms with Gasteiger partial charge in [0.2, 0.25) is 0 Å². The van der Waals surface area contributed by atoms with Gasteiger partial charge in [0.25, 0.3) is 5.91 Å². The average Bonchev–Trinajstić information content (AvgIpc) is 2.58. The quantitative estimate of drug-likeness (QED) is 0.585. The number of nitrogens with two attached hydrogens (primary N) is 1. The van der Waals surface area contributed by atoms with E-state index in [1.54, 1.807) is 24.3 Å². The van der Waals surface area contributed by atoms with E-state index in [0.717, 1.165) is 0 Å². The molecule has 0 atom stereocenters. The van der Waals surface area contributed by atoms with E-state index in [1.165, 1.54) is 12.1 Å². The summed E-state index contributed by atoms with van der Waals surface area (Å²) in [6.45, 7) is 1.96. The molecule has 0 aliphatic carbocycles. The summed E-state index contributed by atoms with van der Waals surface area (Å²) in [5.74, 6) is -0.590. The minimum absolute atomic E-state index is 0.00590. The van der Waals surface area contributed by atoms with Crippen LogP contribution in [0.15, 0.2) is 36.4 Å². The molecule has 0 aliphatic rings. The van der Waals surface area contributed by atoms with Crippen LogP contribution in [0, 0.1) is 0 Å². The molecular weight excluding hydrogens is 367 g/mol. The van der Waals surface area contributed by atoms with Gasteiger partial charge in [-0.2, -0.15) is 0 Å². The summed E-state index contributed by atoms with van der Waals surface area (Å²) in [6, 6.07) is 9.54. The second-order valence-electron chi connectivity index (χ2n) is 4.93. The van der Waals surface area contributed by atoms with Crippen LogP contribution >= 0.6 is 23.2 Å². The van der Waals surface area contributed by atoms with Gasteiger partial charge in [0.15, 0.2) is 6.61 Å². The second kappa shape index (κ2) is 8.60. The average molecular weight is 383 g/mol. The third-order valence-corrected chi connectivity index (χ3v) is 3.63. The standard InChI is InChI=1S/C17H16Cl2N2O4/c1-2-24-12-5-3-11(4-6-12)21-15(22)9-25-17(23)13-7-10(18)8-14(19)16(13)20/h3-8H,2,9,20H2,1H3,(H,21,22). The zero-order chi connectivity index (χ0) is 18.4. The summed E-state index contributed by atoms with van der Waals surface area (Å²) in [6.07, 6.45) is 0. The number of carbonyl (C=O) groups is 2. The first-order chi connectivity index (χ1) is 11.9. The van der Waals surface area contributed by atoms with Gasteiger partial charge in [0, 0.05) is 10.7 Å². The maximum atomic E-state index is 12.0. The van der Waals surface area contributed by atoms with E-state index >= 15 is 0 Å². The smallest absolute Gasteiger partial charge is 0.340 e. The van der Waals surface area contributed by atoms with Gasteiger partial charge in [-0.25, -0.2) is 4.79 Å². The minimum atomic E-state index is -0.788. The van der Waals surface area contributed by atoms with Gasteiger partial charge in [0.1, 0.15) is 5.75 Å². The van der Waals surface area contributed by atoms with Gasteiger partial charge >= 0.3 is 5.97 Å². The van der Waals surface area contributed by atoms with Gasteiger partial charge in [-0.3, -0.25) is 4.79 Å². The van der Waals surface area contributed by atoms with Crippen molar-refractivity contribution < 1.29 is 19.1 Å². The SMILES string of the molecule is CCOc1ccc(NC(=O)COC(=O)c2cc(Cl)cc(Cl)c2N)cc1. The molecule has 0 saturated carbocycles. The van der Waals surface area contributed by atoms with Crippen LogP contribution in [0.4, 0.5) is 11.4 Å². The number of hydrogen-bond acceptors (Lipinski definition) is 5. The van der Waals surface area contributed by atoms with Crippen molar-refractivity contribution in [3.8, 4) is 5.75 Å². The molecule has 8 heteroatoms. The summed E-state index contributed by atoms with van der Waals surface area (Å²) >= 11 is 11.7. The van der Waals surface area contributed by atoms with Gasteiger partial charge in [0.05, 0.1) is 22.9 Å². The highest BCUT2D eigenvalue weighted by Gasteiger charge is 2.16. The Morgan fingerprint density at radius 2 is 1.84 bits per heavy atom. The fourth-order valence-electron chi connectivity index (χ4n) is 1.96. The Morgan fingerprint density at radius 3 is 2.48 bits per heavy atom. The van der Waals surface area contributed by atoms with Gasteiger partial charge < -0.3 is 20.5 Å². The van der Waals surface area contributed by atoms with Crippen molar-refractivity contribution in [2.45, 2.75) is 6.92 Å². The van der Waals surface area contributed by atoms with Gasteiger partial charge in [-0.1, -0.05) is 23.2 Å². The van der Waals surface area contributed by atoms with Gasteiger partial charge in [-0.15, -0.1) is 0 Å². The van der Waals surface area contributed by atoms with Crippen molar-refractivity contribution >= 4 is 46.5 Å². The van der Waals surface area contributed by atoms with Crippen LogP contribution in [0.1, 0.15) is 17.3 Å². The van der Waals surface area contributed by atoms with Crippen LogP contribution < -0.4 is 15.8 Å². The van der Waals surface area contributed by atoms with E-state index < -0.39 is 18.5 Å². The van der Waals surface area contributed by atoms with E-state index in [9.17, 15) is 9.59 Å². The molecule has 132 valence electrons. The highest BCUT2D eigenvalue weighted by Crippen LogP contribution is 2.28. The molecule has 2 aromatic rings. The highest BCUT2D eigenvalue weighted by molar-refractivity contribution is 6.37. The molecule has 2 aromatic carbocycles. The third-order valence-electron chi connectivity index (χ3n) is 3.10. The molecule has 0 spiro atoms. The third kappa shape index (κ3) is 5.27.